The number of benzene rings is 5. The second-order valence-electron chi connectivity index (χ2n) is 9.77. The van der Waals surface area contributed by atoms with Gasteiger partial charge in [0.2, 0.25) is 0 Å². The zero-order valence-electron chi connectivity index (χ0n) is 19.0. The zero-order valence-corrected chi connectivity index (χ0v) is 19.0. The summed E-state index contributed by atoms with van der Waals surface area (Å²) in [6, 6.07) is 37.8. The predicted octanol–water partition coefficient (Wildman–Crippen LogP) is 8.17. The van der Waals surface area contributed by atoms with Crippen molar-refractivity contribution in [2.45, 2.75) is 25.7 Å². The Kier molecular flexibility index (Phi) is 3.73. The van der Waals surface area contributed by atoms with Crippen LogP contribution in [-0.2, 0) is 11.8 Å². The highest BCUT2D eigenvalue weighted by molar-refractivity contribution is 6.21. The quantitative estimate of drug-likeness (QED) is 0.251. The number of para-hydroxylation sites is 2. The van der Waals surface area contributed by atoms with E-state index in [1.165, 1.54) is 60.5 Å². The van der Waals surface area contributed by atoms with E-state index in [2.05, 4.69) is 122 Å². The summed E-state index contributed by atoms with van der Waals surface area (Å²) in [4.78, 5) is 0. The lowest BCUT2D eigenvalue weighted by Gasteiger charge is -2.37. The molecule has 1 nitrogen and oxygen atoms in total. The van der Waals surface area contributed by atoms with Crippen LogP contribution in [0.3, 0.4) is 0 Å². The van der Waals surface area contributed by atoms with Gasteiger partial charge in [-0.3, -0.25) is 0 Å². The first kappa shape index (κ1) is 18.7. The summed E-state index contributed by atoms with van der Waals surface area (Å²) >= 11 is 0. The van der Waals surface area contributed by atoms with Gasteiger partial charge in [-0.05, 0) is 52.3 Å². The van der Waals surface area contributed by atoms with Crippen molar-refractivity contribution in [1.29, 1.82) is 0 Å². The molecule has 0 amide bonds. The summed E-state index contributed by atoms with van der Waals surface area (Å²) in [5.74, 6) is 0. The van der Waals surface area contributed by atoms with E-state index in [9.17, 15) is 0 Å². The molecule has 0 atom stereocenters. The van der Waals surface area contributed by atoms with E-state index in [0.29, 0.717) is 0 Å². The standard InChI is InChI=1S/C32H25N/c1-32(2)27-18-10-6-12-21(27)20-26-23-15-7-8-16-24(23)31-29(30(26)32)25-17-9-11-19-28(25)33(31)22-13-4-3-5-14-22/h3-19H,20H2,1-2H3. The van der Waals surface area contributed by atoms with Crippen LogP contribution in [0.2, 0.25) is 0 Å². The Morgan fingerprint density at radius 3 is 2.09 bits per heavy atom. The second-order valence-corrected chi connectivity index (χ2v) is 9.77. The molecule has 158 valence electrons. The second kappa shape index (κ2) is 6.59. The molecule has 33 heavy (non-hydrogen) atoms. The Morgan fingerprint density at radius 1 is 0.636 bits per heavy atom. The number of hydrogen-bond donors (Lipinski definition) is 0. The highest BCUT2D eigenvalue weighted by Gasteiger charge is 2.36. The molecule has 1 aromatic heterocycles. The molecule has 0 saturated heterocycles. The zero-order chi connectivity index (χ0) is 22.2. The van der Waals surface area contributed by atoms with Crippen LogP contribution in [0.15, 0.2) is 103 Å². The van der Waals surface area contributed by atoms with Crippen molar-refractivity contribution in [3.63, 3.8) is 0 Å². The van der Waals surface area contributed by atoms with E-state index in [1.54, 1.807) is 0 Å². The van der Waals surface area contributed by atoms with Gasteiger partial charge in [-0.15, -0.1) is 0 Å². The summed E-state index contributed by atoms with van der Waals surface area (Å²) in [5, 5.41) is 5.46. The van der Waals surface area contributed by atoms with Crippen LogP contribution in [0.25, 0.3) is 38.3 Å². The molecule has 0 fully saturated rings. The molecular formula is C32H25N. The molecule has 0 saturated carbocycles. The van der Waals surface area contributed by atoms with Gasteiger partial charge in [0.05, 0.1) is 11.0 Å². The summed E-state index contributed by atoms with van der Waals surface area (Å²) in [6.07, 6.45) is 0.982. The molecule has 0 spiro atoms. The van der Waals surface area contributed by atoms with Crippen LogP contribution in [0.1, 0.15) is 36.1 Å². The fourth-order valence-electron chi connectivity index (χ4n) is 6.31. The van der Waals surface area contributed by atoms with Gasteiger partial charge in [0.1, 0.15) is 0 Å². The van der Waals surface area contributed by atoms with E-state index < -0.39 is 0 Å². The number of rotatable bonds is 1. The van der Waals surface area contributed by atoms with Crippen LogP contribution < -0.4 is 0 Å². The van der Waals surface area contributed by atoms with E-state index in [1.807, 2.05) is 0 Å². The normalized spacial score (nSPS) is 14.5. The number of aromatic nitrogens is 1. The molecule has 6 aromatic rings. The van der Waals surface area contributed by atoms with Crippen molar-refractivity contribution >= 4 is 32.6 Å². The highest BCUT2D eigenvalue weighted by atomic mass is 15.0. The SMILES string of the molecule is CC1(C)c2ccccc2Cc2c1c1c3ccccc3n(-c3ccccc3)c1c1ccccc21. The van der Waals surface area contributed by atoms with Crippen LogP contribution in [0, 0.1) is 0 Å². The maximum Gasteiger partial charge on any atom is 0.0622 e. The summed E-state index contributed by atoms with van der Waals surface area (Å²) in [5.41, 5.74) is 9.59. The van der Waals surface area contributed by atoms with Gasteiger partial charge < -0.3 is 4.57 Å². The minimum atomic E-state index is -0.0852. The Labute approximate surface area is 193 Å². The lowest BCUT2D eigenvalue weighted by Crippen LogP contribution is -2.27. The van der Waals surface area contributed by atoms with Gasteiger partial charge >= 0.3 is 0 Å². The lowest BCUT2D eigenvalue weighted by molar-refractivity contribution is 0.619. The maximum atomic E-state index is 2.48. The largest absolute Gasteiger partial charge is 0.309 e. The van der Waals surface area contributed by atoms with Crippen molar-refractivity contribution in [1.82, 2.24) is 4.57 Å². The molecule has 0 unspecified atom stereocenters. The average molecular weight is 424 g/mol. The fourth-order valence-corrected chi connectivity index (χ4v) is 6.31. The first-order valence-corrected chi connectivity index (χ1v) is 11.8. The van der Waals surface area contributed by atoms with E-state index in [4.69, 9.17) is 0 Å². The predicted molar refractivity (Wildman–Crippen MR) is 140 cm³/mol. The molecule has 0 N–H and O–H groups in total. The van der Waals surface area contributed by atoms with Gasteiger partial charge in [-0.1, -0.05) is 98.8 Å². The van der Waals surface area contributed by atoms with Crippen LogP contribution in [0.5, 0.6) is 0 Å². The fraction of sp³-hybridized carbons (Fsp3) is 0.125. The molecule has 0 radical (unpaired) electrons. The van der Waals surface area contributed by atoms with Gasteiger partial charge in [-0.25, -0.2) is 0 Å². The molecule has 1 heteroatoms. The first-order chi connectivity index (χ1) is 16.2. The average Bonchev–Trinajstić information content (AvgIpc) is 3.20. The van der Waals surface area contributed by atoms with Crippen LogP contribution in [0.4, 0.5) is 0 Å². The minimum absolute atomic E-state index is 0.0852. The van der Waals surface area contributed by atoms with Crippen molar-refractivity contribution in [2.24, 2.45) is 0 Å². The number of hydrogen-bond acceptors (Lipinski definition) is 0. The van der Waals surface area contributed by atoms with Gasteiger partial charge in [-0.2, -0.15) is 0 Å². The molecule has 1 heterocycles. The monoisotopic (exact) mass is 423 g/mol. The van der Waals surface area contributed by atoms with E-state index in [-0.39, 0.29) is 5.41 Å². The third-order valence-corrected chi connectivity index (χ3v) is 7.63. The third-order valence-electron chi connectivity index (χ3n) is 7.63. The Morgan fingerprint density at radius 2 is 1.27 bits per heavy atom. The molecule has 1 aliphatic carbocycles. The van der Waals surface area contributed by atoms with Crippen LogP contribution in [-0.4, -0.2) is 4.57 Å². The lowest BCUT2D eigenvalue weighted by atomic mass is 9.66. The Balaban J connectivity index is 1.78. The summed E-state index contributed by atoms with van der Waals surface area (Å²) in [7, 11) is 0. The van der Waals surface area contributed by atoms with E-state index in [0.717, 1.165) is 6.42 Å². The highest BCUT2D eigenvalue weighted by Crippen LogP contribution is 2.50. The smallest absolute Gasteiger partial charge is 0.0622 e. The molecule has 0 aliphatic heterocycles. The third kappa shape index (κ3) is 2.42. The molecule has 1 aliphatic rings. The molecule has 7 rings (SSSR count). The van der Waals surface area contributed by atoms with Crippen molar-refractivity contribution in [3.8, 4) is 5.69 Å². The minimum Gasteiger partial charge on any atom is -0.309 e. The molecule has 5 aromatic carbocycles. The van der Waals surface area contributed by atoms with E-state index >= 15 is 0 Å². The number of nitrogens with zero attached hydrogens (tertiary/aromatic N) is 1. The van der Waals surface area contributed by atoms with Gasteiger partial charge in [0.15, 0.2) is 0 Å². The van der Waals surface area contributed by atoms with Gasteiger partial charge in [0, 0.05) is 27.3 Å². The topological polar surface area (TPSA) is 4.93 Å². The van der Waals surface area contributed by atoms with Crippen molar-refractivity contribution < 1.29 is 0 Å². The first-order valence-electron chi connectivity index (χ1n) is 11.8. The summed E-state index contributed by atoms with van der Waals surface area (Å²) in [6.45, 7) is 4.82. The molecular weight excluding hydrogens is 398 g/mol. The summed E-state index contributed by atoms with van der Waals surface area (Å²) < 4.78 is 2.48. The Bertz CT molecular complexity index is 1700. The maximum absolute atomic E-state index is 2.48. The number of fused-ring (bicyclic) bond motifs is 9. The van der Waals surface area contributed by atoms with Crippen molar-refractivity contribution in [2.75, 3.05) is 0 Å². The Hall–Kier alpha value is -3.84. The molecule has 0 bridgehead atoms. The van der Waals surface area contributed by atoms with Gasteiger partial charge in [0.25, 0.3) is 0 Å². The van der Waals surface area contributed by atoms with Crippen molar-refractivity contribution in [3.05, 3.63) is 125 Å². The van der Waals surface area contributed by atoms with Crippen LogP contribution >= 0.6 is 0 Å².